The number of benzene rings is 1. The third-order valence-electron chi connectivity index (χ3n) is 4.32. The second-order valence-corrected chi connectivity index (χ2v) is 6.51. The number of rotatable bonds is 7. The molecule has 7 nitrogen and oxygen atoms in total. The second-order valence-electron chi connectivity index (χ2n) is 6.51. The van der Waals surface area contributed by atoms with Gasteiger partial charge in [0, 0.05) is 24.0 Å². The van der Waals surface area contributed by atoms with E-state index in [1.54, 1.807) is 18.5 Å². The van der Waals surface area contributed by atoms with Crippen LogP contribution >= 0.6 is 0 Å². The largest absolute Gasteiger partial charge is 0.364 e. The summed E-state index contributed by atoms with van der Waals surface area (Å²) in [6.45, 7) is 0.808. The predicted molar refractivity (Wildman–Crippen MR) is 114 cm³/mol. The summed E-state index contributed by atoms with van der Waals surface area (Å²) in [4.78, 5) is 30.3. The van der Waals surface area contributed by atoms with Gasteiger partial charge in [0.15, 0.2) is 5.82 Å². The van der Waals surface area contributed by atoms with Crippen LogP contribution in [0.15, 0.2) is 85.2 Å². The van der Waals surface area contributed by atoms with Crippen LogP contribution in [0.25, 0.3) is 11.4 Å². The lowest BCUT2D eigenvalue weighted by molar-refractivity contribution is 0.0945. The van der Waals surface area contributed by atoms with Gasteiger partial charge in [-0.15, -0.1) is 0 Å². The topological polar surface area (TPSA) is 92.7 Å². The third-order valence-corrected chi connectivity index (χ3v) is 4.32. The number of pyridine rings is 2. The molecule has 4 rings (SSSR count). The highest BCUT2D eigenvalue weighted by molar-refractivity contribution is 5.93. The van der Waals surface area contributed by atoms with E-state index in [1.165, 1.54) is 0 Å². The minimum atomic E-state index is -0.291. The third kappa shape index (κ3) is 5.02. The number of aromatic nitrogens is 4. The van der Waals surface area contributed by atoms with E-state index >= 15 is 0 Å². The molecule has 0 fully saturated rings. The van der Waals surface area contributed by atoms with Crippen molar-refractivity contribution in [3.63, 3.8) is 0 Å². The van der Waals surface area contributed by atoms with Gasteiger partial charge < -0.3 is 10.6 Å². The Bertz CT molecular complexity index is 1100. The maximum Gasteiger partial charge on any atom is 0.270 e. The fraction of sp³-hybridized carbons (Fsp3) is 0.0870. The molecule has 2 N–H and O–H groups in total. The number of carbonyl (C=O) groups is 1. The Morgan fingerprint density at radius 1 is 0.767 bits per heavy atom. The first-order valence-electron chi connectivity index (χ1n) is 9.54. The molecule has 0 aliphatic carbocycles. The maximum atomic E-state index is 12.8. The van der Waals surface area contributed by atoms with Gasteiger partial charge in [-0.3, -0.25) is 14.8 Å². The molecule has 0 saturated heterocycles. The Balaban J connectivity index is 1.57. The van der Waals surface area contributed by atoms with Crippen LogP contribution in [0.2, 0.25) is 0 Å². The van der Waals surface area contributed by atoms with Crippen LogP contribution in [0.3, 0.4) is 0 Å². The molecule has 4 aromatic rings. The average Bonchev–Trinajstić information content (AvgIpc) is 2.83. The van der Waals surface area contributed by atoms with Crippen molar-refractivity contribution in [2.24, 2.45) is 0 Å². The Labute approximate surface area is 174 Å². The maximum absolute atomic E-state index is 12.8. The normalized spacial score (nSPS) is 10.4. The molecule has 7 heteroatoms. The first-order valence-corrected chi connectivity index (χ1v) is 9.54. The highest BCUT2D eigenvalue weighted by Gasteiger charge is 2.13. The van der Waals surface area contributed by atoms with E-state index in [1.807, 2.05) is 66.7 Å². The van der Waals surface area contributed by atoms with Crippen LogP contribution in [0.4, 0.5) is 5.82 Å². The summed E-state index contributed by atoms with van der Waals surface area (Å²) in [6.07, 6.45) is 3.43. The first-order chi connectivity index (χ1) is 14.8. The average molecular weight is 396 g/mol. The molecule has 1 amide bonds. The molecular weight excluding hydrogens is 376 g/mol. The van der Waals surface area contributed by atoms with Gasteiger partial charge in [-0.2, -0.15) is 0 Å². The Morgan fingerprint density at radius 3 is 2.10 bits per heavy atom. The molecule has 3 heterocycles. The van der Waals surface area contributed by atoms with E-state index in [2.05, 4.69) is 30.6 Å². The minimum absolute atomic E-state index is 0.281. The van der Waals surface area contributed by atoms with Gasteiger partial charge in [0.05, 0.1) is 24.5 Å². The van der Waals surface area contributed by atoms with Crippen molar-refractivity contribution in [1.82, 2.24) is 25.3 Å². The molecule has 3 aromatic heterocycles. The summed E-state index contributed by atoms with van der Waals surface area (Å²) < 4.78 is 0. The predicted octanol–water partition coefficient (Wildman–Crippen LogP) is 3.48. The second kappa shape index (κ2) is 9.38. The van der Waals surface area contributed by atoms with E-state index in [0.29, 0.717) is 24.7 Å². The van der Waals surface area contributed by atoms with Crippen molar-refractivity contribution in [1.29, 1.82) is 0 Å². The van der Waals surface area contributed by atoms with Crippen LogP contribution in [-0.4, -0.2) is 25.8 Å². The molecular formula is C23H20N6O. The number of carbonyl (C=O) groups excluding carboxylic acids is 1. The Kier molecular flexibility index (Phi) is 6.00. The number of anilines is 1. The molecule has 0 unspecified atom stereocenters. The highest BCUT2D eigenvalue weighted by Crippen LogP contribution is 2.18. The molecule has 30 heavy (non-hydrogen) atoms. The van der Waals surface area contributed by atoms with Gasteiger partial charge in [-0.25, -0.2) is 9.97 Å². The van der Waals surface area contributed by atoms with Crippen molar-refractivity contribution in [2.75, 3.05) is 5.32 Å². The molecule has 1 aromatic carbocycles. The van der Waals surface area contributed by atoms with Crippen LogP contribution in [0.1, 0.15) is 21.9 Å². The molecule has 0 spiro atoms. The highest BCUT2D eigenvalue weighted by atomic mass is 16.1. The number of nitrogens with zero attached hydrogens (tertiary/aromatic N) is 4. The Hall–Kier alpha value is -4.13. The minimum Gasteiger partial charge on any atom is -0.364 e. The van der Waals surface area contributed by atoms with Crippen molar-refractivity contribution in [3.05, 3.63) is 102 Å². The zero-order chi connectivity index (χ0) is 20.6. The van der Waals surface area contributed by atoms with E-state index in [0.717, 1.165) is 17.0 Å². The van der Waals surface area contributed by atoms with Gasteiger partial charge in [0.1, 0.15) is 11.5 Å². The van der Waals surface area contributed by atoms with E-state index in [-0.39, 0.29) is 11.6 Å². The zero-order valence-electron chi connectivity index (χ0n) is 16.2. The molecule has 0 radical (unpaired) electrons. The summed E-state index contributed by atoms with van der Waals surface area (Å²) in [5, 5.41) is 6.10. The summed E-state index contributed by atoms with van der Waals surface area (Å²) in [7, 11) is 0. The zero-order valence-corrected chi connectivity index (χ0v) is 16.2. The van der Waals surface area contributed by atoms with Gasteiger partial charge in [0.25, 0.3) is 5.91 Å². The summed E-state index contributed by atoms with van der Waals surface area (Å²) in [6, 6.07) is 22.5. The molecule has 0 saturated carbocycles. The lowest BCUT2D eigenvalue weighted by atomic mass is 10.2. The number of hydrogen-bond donors (Lipinski definition) is 2. The number of nitrogens with one attached hydrogen (secondary N) is 2. The first kappa shape index (κ1) is 19.2. The summed E-state index contributed by atoms with van der Waals surface area (Å²) in [5.41, 5.74) is 2.76. The lowest BCUT2D eigenvalue weighted by Crippen LogP contribution is -2.25. The summed E-state index contributed by atoms with van der Waals surface area (Å²) in [5.74, 6) is 0.739. The van der Waals surface area contributed by atoms with Crippen LogP contribution in [0.5, 0.6) is 0 Å². The fourth-order valence-electron chi connectivity index (χ4n) is 2.82. The molecule has 0 aliphatic heterocycles. The fourth-order valence-corrected chi connectivity index (χ4v) is 2.82. The van der Waals surface area contributed by atoms with Crippen molar-refractivity contribution < 1.29 is 4.79 Å². The monoisotopic (exact) mass is 396 g/mol. The van der Waals surface area contributed by atoms with Crippen LogP contribution < -0.4 is 10.6 Å². The quantitative estimate of drug-likeness (QED) is 0.497. The van der Waals surface area contributed by atoms with Crippen LogP contribution in [0, 0.1) is 0 Å². The molecule has 0 atom stereocenters. The van der Waals surface area contributed by atoms with Gasteiger partial charge in [-0.05, 0) is 24.3 Å². The van der Waals surface area contributed by atoms with E-state index < -0.39 is 0 Å². The van der Waals surface area contributed by atoms with Crippen molar-refractivity contribution in [3.8, 4) is 11.4 Å². The number of hydrogen-bond acceptors (Lipinski definition) is 6. The summed E-state index contributed by atoms with van der Waals surface area (Å²) >= 11 is 0. The SMILES string of the molecule is O=C(NCc1ccccn1)c1cc(NCc2ccccn2)nc(-c2ccccc2)n1. The molecule has 0 bridgehead atoms. The van der Waals surface area contributed by atoms with Gasteiger partial charge in [0.2, 0.25) is 0 Å². The molecule has 0 aliphatic rings. The van der Waals surface area contributed by atoms with E-state index in [9.17, 15) is 4.79 Å². The Morgan fingerprint density at radius 2 is 1.43 bits per heavy atom. The molecule has 148 valence electrons. The smallest absolute Gasteiger partial charge is 0.270 e. The van der Waals surface area contributed by atoms with Gasteiger partial charge in [-0.1, -0.05) is 42.5 Å². The van der Waals surface area contributed by atoms with Crippen LogP contribution in [-0.2, 0) is 13.1 Å². The standard InChI is InChI=1S/C23H20N6O/c30-23(27-16-19-11-5-7-13-25-19)20-14-21(26-15-18-10-4-6-12-24-18)29-22(28-20)17-8-2-1-3-9-17/h1-14H,15-16H2,(H,27,30)(H,26,28,29). The van der Waals surface area contributed by atoms with Crippen molar-refractivity contribution in [2.45, 2.75) is 13.1 Å². The van der Waals surface area contributed by atoms with E-state index in [4.69, 9.17) is 0 Å². The number of amides is 1. The van der Waals surface area contributed by atoms with Gasteiger partial charge >= 0.3 is 0 Å². The lowest BCUT2D eigenvalue weighted by Gasteiger charge is -2.10. The van der Waals surface area contributed by atoms with Crippen molar-refractivity contribution >= 4 is 11.7 Å².